The SMILES string of the molecule is O=C(N/N=C1/CCc2ccccc21)c1n[nH]c(=O)c2ccccc12. The molecule has 0 atom stereocenters. The van der Waals surface area contributed by atoms with Crippen LogP contribution in [0.4, 0.5) is 0 Å². The summed E-state index contributed by atoms with van der Waals surface area (Å²) >= 11 is 0. The van der Waals surface area contributed by atoms with Gasteiger partial charge in [-0.05, 0) is 24.5 Å². The number of carbonyl (C=O) groups is 1. The van der Waals surface area contributed by atoms with Crippen molar-refractivity contribution in [2.24, 2.45) is 5.10 Å². The molecule has 6 heteroatoms. The first-order valence-electron chi connectivity index (χ1n) is 7.66. The standard InChI is InChI=1S/C18H14N4O2/c23-17-14-8-4-3-7-13(14)16(20-21-17)18(24)22-19-15-10-9-11-5-1-2-6-12(11)15/h1-8H,9-10H2,(H,21,23)(H,22,24)/b19-15-. The Balaban J connectivity index is 1.66. The number of amides is 1. The first-order chi connectivity index (χ1) is 11.7. The molecule has 1 heterocycles. The van der Waals surface area contributed by atoms with Crippen LogP contribution >= 0.6 is 0 Å². The van der Waals surface area contributed by atoms with Gasteiger partial charge in [0.1, 0.15) is 0 Å². The lowest BCUT2D eigenvalue weighted by atomic mass is 10.1. The second-order valence-corrected chi connectivity index (χ2v) is 5.60. The van der Waals surface area contributed by atoms with E-state index in [-0.39, 0.29) is 11.3 Å². The molecule has 24 heavy (non-hydrogen) atoms. The minimum atomic E-state index is -0.445. The van der Waals surface area contributed by atoms with Gasteiger partial charge in [0.15, 0.2) is 5.69 Å². The Morgan fingerprint density at radius 1 is 1.04 bits per heavy atom. The maximum atomic E-state index is 12.4. The van der Waals surface area contributed by atoms with E-state index in [1.807, 2.05) is 18.2 Å². The first-order valence-corrected chi connectivity index (χ1v) is 7.66. The summed E-state index contributed by atoms with van der Waals surface area (Å²) < 4.78 is 0. The summed E-state index contributed by atoms with van der Waals surface area (Å²) in [6, 6.07) is 14.9. The molecule has 0 radical (unpaired) electrons. The lowest BCUT2D eigenvalue weighted by Crippen LogP contribution is -2.23. The molecule has 2 N–H and O–H groups in total. The van der Waals surface area contributed by atoms with Crippen molar-refractivity contribution in [3.63, 3.8) is 0 Å². The van der Waals surface area contributed by atoms with Crippen LogP contribution in [0.2, 0.25) is 0 Å². The zero-order valence-electron chi connectivity index (χ0n) is 12.7. The van der Waals surface area contributed by atoms with Crippen LogP contribution in [0.3, 0.4) is 0 Å². The van der Waals surface area contributed by atoms with E-state index in [4.69, 9.17) is 0 Å². The summed E-state index contributed by atoms with van der Waals surface area (Å²) in [6.07, 6.45) is 1.71. The fraction of sp³-hybridized carbons (Fsp3) is 0.111. The summed E-state index contributed by atoms with van der Waals surface area (Å²) in [5, 5.41) is 11.4. The number of rotatable bonds is 2. The minimum absolute atomic E-state index is 0.154. The molecule has 2 aromatic carbocycles. The van der Waals surface area contributed by atoms with Crippen molar-refractivity contribution >= 4 is 22.4 Å². The van der Waals surface area contributed by atoms with Crippen molar-refractivity contribution < 1.29 is 4.79 Å². The van der Waals surface area contributed by atoms with Crippen LogP contribution in [0, 0.1) is 0 Å². The van der Waals surface area contributed by atoms with Crippen LogP contribution in [-0.4, -0.2) is 21.8 Å². The Bertz CT molecular complexity index is 1040. The van der Waals surface area contributed by atoms with Gasteiger partial charge < -0.3 is 0 Å². The van der Waals surface area contributed by atoms with Gasteiger partial charge in [0, 0.05) is 10.9 Å². The van der Waals surface area contributed by atoms with Crippen LogP contribution in [0.15, 0.2) is 58.4 Å². The maximum Gasteiger partial charge on any atom is 0.292 e. The summed E-state index contributed by atoms with van der Waals surface area (Å²) in [6.45, 7) is 0. The van der Waals surface area contributed by atoms with Gasteiger partial charge in [0.05, 0.1) is 11.1 Å². The van der Waals surface area contributed by atoms with E-state index in [0.29, 0.717) is 10.8 Å². The van der Waals surface area contributed by atoms with Gasteiger partial charge in [0.25, 0.3) is 11.5 Å². The van der Waals surface area contributed by atoms with Gasteiger partial charge in [-0.15, -0.1) is 0 Å². The molecule has 0 fully saturated rings. The number of hydrazone groups is 1. The third-order valence-corrected chi connectivity index (χ3v) is 4.16. The second kappa shape index (κ2) is 5.73. The number of carbonyl (C=O) groups excluding carboxylic acids is 1. The highest BCUT2D eigenvalue weighted by Crippen LogP contribution is 2.21. The molecule has 1 aliphatic rings. The summed E-state index contributed by atoms with van der Waals surface area (Å²) in [4.78, 5) is 24.2. The van der Waals surface area contributed by atoms with E-state index in [1.165, 1.54) is 5.56 Å². The number of nitrogens with one attached hydrogen (secondary N) is 2. The first kappa shape index (κ1) is 14.3. The normalized spacial score (nSPS) is 14.8. The van der Waals surface area contributed by atoms with Crippen LogP contribution in [0.5, 0.6) is 0 Å². The quantitative estimate of drug-likeness (QED) is 0.709. The summed E-state index contributed by atoms with van der Waals surface area (Å²) in [7, 11) is 0. The number of hydrogen-bond acceptors (Lipinski definition) is 4. The Hall–Kier alpha value is -3.28. The zero-order chi connectivity index (χ0) is 16.5. The average Bonchev–Trinajstić information content (AvgIpc) is 3.03. The Kier molecular flexibility index (Phi) is 3.42. The molecule has 1 amide bonds. The highest BCUT2D eigenvalue weighted by Gasteiger charge is 2.18. The van der Waals surface area contributed by atoms with Gasteiger partial charge in [-0.25, -0.2) is 10.5 Å². The van der Waals surface area contributed by atoms with Crippen molar-refractivity contribution in [3.8, 4) is 0 Å². The highest BCUT2D eigenvalue weighted by molar-refractivity contribution is 6.07. The number of aryl methyl sites for hydroxylation is 1. The molecule has 118 valence electrons. The number of fused-ring (bicyclic) bond motifs is 2. The van der Waals surface area contributed by atoms with Gasteiger partial charge >= 0.3 is 0 Å². The fourth-order valence-corrected chi connectivity index (χ4v) is 2.98. The van der Waals surface area contributed by atoms with E-state index >= 15 is 0 Å². The van der Waals surface area contributed by atoms with E-state index < -0.39 is 5.91 Å². The predicted molar refractivity (Wildman–Crippen MR) is 91.1 cm³/mol. The van der Waals surface area contributed by atoms with Crippen molar-refractivity contribution in [2.75, 3.05) is 0 Å². The van der Waals surface area contributed by atoms with Gasteiger partial charge in [0.2, 0.25) is 0 Å². The molecule has 0 unspecified atom stereocenters. The number of hydrogen-bond donors (Lipinski definition) is 2. The number of aromatic nitrogens is 2. The molecule has 6 nitrogen and oxygen atoms in total. The van der Waals surface area contributed by atoms with Crippen LogP contribution in [-0.2, 0) is 6.42 Å². The Morgan fingerprint density at radius 3 is 2.67 bits per heavy atom. The molecule has 3 aromatic rings. The third-order valence-electron chi connectivity index (χ3n) is 4.16. The lowest BCUT2D eigenvalue weighted by molar-refractivity contribution is 0.0950. The molecule has 4 rings (SSSR count). The summed E-state index contributed by atoms with van der Waals surface area (Å²) in [5.41, 5.74) is 5.55. The zero-order valence-corrected chi connectivity index (χ0v) is 12.7. The largest absolute Gasteiger partial charge is 0.292 e. The molecule has 0 spiro atoms. The van der Waals surface area contributed by atoms with Gasteiger partial charge in [-0.2, -0.15) is 10.2 Å². The highest BCUT2D eigenvalue weighted by atomic mass is 16.2. The topological polar surface area (TPSA) is 87.2 Å². The van der Waals surface area contributed by atoms with Crippen LogP contribution < -0.4 is 11.0 Å². The predicted octanol–water partition coefficient (Wildman–Crippen LogP) is 2.00. The lowest BCUT2D eigenvalue weighted by Gasteiger charge is -2.04. The molecule has 0 saturated carbocycles. The van der Waals surface area contributed by atoms with Crippen LogP contribution in [0.1, 0.15) is 28.0 Å². The summed E-state index contributed by atoms with van der Waals surface area (Å²) in [5.74, 6) is -0.445. The Morgan fingerprint density at radius 2 is 1.79 bits per heavy atom. The fourth-order valence-electron chi connectivity index (χ4n) is 2.98. The average molecular weight is 318 g/mol. The number of nitrogens with zero attached hydrogens (tertiary/aromatic N) is 2. The molecule has 0 bridgehead atoms. The molecule has 0 aliphatic heterocycles. The third kappa shape index (κ3) is 2.38. The van der Waals surface area contributed by atoms with Crippen molar-refractivity contribution in [2.45, 2.75) is 12.8 Å². The minimum Gasteiger partial charge on any atom is -0.267 e. The van der Waals surface area contributed by atoms with Crippen molar-refractivity contribution in [1.82, 2.24) is 15.6 Å². The maximum absolute atomic E-state index is 12.4. The molecular formula is C18H14N4O2. The Labute approximate surface area is 137 Å². The van der Waals surface area contributed by atoms with E-state index in [2.05, 4.69) is 26.8 Å². The van der Waals surface area contributed by atoms with Crippen molar-refractivity contribution in [1.29, 1.82) is 0 Å². The number of benzene rings is 2. The van der Waals surface area contributed by atoms with E-state index in [9.17, 15) is 9.59 Å². The van der Waals surface area contributed by atoms with Crippen LogP contribution in [0.25, 0.3) is 10.8 Å². The molecule has 1 aliphatic carbocycles. The second-order valence-electron chi connectivity index (χ2n) is 5.60. The smallest absolute Gasteiger partial charge is 0.267 e. The molecular weight excluding hydrogens is 304 g/mol. The van der Waals surface area contributed by atoms with E-state index in [1.54, 1.807) is 24.3 Å². The number of aromatic amines is 1. The number of H-pyrrole nitrogens is 1. The van der Waals surface area contributed by atoms with Gasteiger partial charge in [-0.1, -0.05) is 42.5 Å². The van der Waals surface area contributed by atoms with E-state index in [0.717, 1.165) is 24.1 Å². The monoisotopic (exact) mass is 318 g/mol. The molecule has 1 aromatic heterocycles. The van der Waals surface area contributed by atoms with Gasteiger partial charge in [-0.3, -0.25) is 9.59 Å². The molecule has 0 saturated heterocycles. The van der Waals surface area contributed by atoms with Crippen molar-refractivity contribution in [3.05, 3.63) is 75.7 Å².